The van der Waals surface area contributed by atoms with Gasteiger partial charge in [-0.25, -0.2) is 4.79 Å². The van der Waals surface area contributed by atoms with Crippen molar-refractivity contribution in [2.75, 3.05) is 0 Å². The molecule has 0 saturated carbocycles. The van der Waals surface area contributed by atoms with Gasteiger partial charge >= 0.3 is 5.97 Å². The Bertz CT molecular complexity index is 549. The molecule has 5 nitrogen and oxygen atoms in total. The van der Waals surface area contributed by atoms with Gasteiger partial charge in [-0.1, -0.05) is 18.2 Å². The first-order valence-electron chi connectivity index (χ1n) is 5.38. The number of carbonyl (C=O) groups excluding carboxylic acids is 1. The van der Waals surface area contributed by atoms with Gasteiger partial charge in [0.25, 0.3) is 0 Å². The van der Waals surface area contributed by atoms with Crippen molar-refractivity contribution >= 4 is 11.9 Å². The first-order chi connectivity index (χ1) is 9.00. The fourth-order valence-corrected chi connectivity index (χ4v) is 1.21. The third kappa shape index (κ3) is 4.91. The van der Waals surface area contributed by atoms with E-state index in [2.05, 4.69) is 0 Å². The minimum Gasteiger partial charge on any atom is -0.508 e. The van der Waals surface area contributed by atoms with Gasteiger partial charge in [0.15, 0.2) is 0 Å². The quantitative estimate of drug-likeness (QED) is 0.766. The predicted octanol–water partition coefficient (Wildman–Crippen LogP) is 1.88. The van der Waals surface area contributed by atoms with Gasteiger partial charge in [0, 0.05) is 5.56 Å². The van der Waals surface area contributed by atoms with E-state index in [1.165, 1.54) is 24.3 Å². The molecule has 0 bridgehead atoms. The molecular weight excluding hydrogens is 246 g/mol. The fraction of sp³-hybridized carbons (Fsp3) is 0. The lowest BCUT2D eigenvalue weighted by atomic mass is 10.2. The highest BCUT2D eigenvalue weighted by Crippen LogP contribution is 2.08. The maximum absolute atomic E-state index is 10.4. The molecule has 0 saturated heterocycles. The number of amides is 1. The molecule has 4 N–H and O–H groups in total. The van der Waals surface area contributed by atoms with Crippen molar-refractivity contribution in [2.45, 2.75) is 0 Å². The molecule has 0 aliphatic rings. The van der Waals surface area contributed by atoms with Gasteiger partial charge in [-0.15, -0.1) is 0 Å². The lowest BCUT2D eigenvalue weighted by Crippen LogP contribution is -2.09. The lowest BCUT2D eigenvalue weighted by molar-refractivity contribution is 0.0696. The van der Waals surface area contributed by atoms with Gasteiger partial charge in [0.1, 0.15) is 5.75 Å². The number of carboxylic acid groups (broad SMARTS) is 1. The molecule has 19 heavy (non-hydrogen) atoms. The molecule has 2 rings (SSSR count). The molecule has 2 aromatic carbocycles. The molecule has 2 aromatic rings. The number of aromatic carboxylic acids is 1. The molecule has 0 aromatic heterocycles. The van der Waals surface area contributed by atoms with E-state index in [1.54, 1.807) is 24.3 Å². The highest BCUT2D eigenvalue weighted by atomic mass is 16.4. The highest BCUT2D eigenvalue weighted by molar-refractivity contribution is 5.92. The van der Waals surface area contributed by atoms with Crippen LogP contribution in [-0.2, 0) is 0 Å². The summed E-state index contributed by atoms with van der Waals surface area (Å²) >= 11 is 0. The van der Waals surface area contributed by atoms with Gasteiger partial charge < -0.3 is 15.9 Å². The van der Waals surface area contributed by atoms with E-state index in [1.807, 2.05) is 6.07 Å². The number of primary amides is 1. The highest BCUT2D eigenvalue weighted by Gasteiger charge is 1.99. The first-order valence-corrected chi connectivity index (χ1v) is 5.38. The molecule has 0 spiro atoms. The molecule has 0 radical (unpaired) electrons. The summed E-state index contributed by atoms with van der Waals surface area (Å²) in [6.45, 7) is 0. The Morgan fingerprint density at radius 3 is 1.74 bits per heavy atom. The maximum atomic E-state index is 10.4. The van der Waals surface area contributed by atoms with E-state index in [9.17, 15) is 9.59 Å². The zero-order valence-electron chi connectivity index (χ0n) is 9.98. The third-order valence-corrected chi connectivity index (χ3v) is 2.17. The van der Waals surface area contributed by atoms with E-state index in [0.717, 1.165) is 0 Å². The van der Waals surface area contributed by atoms with Crippen LogP contribution in [0.4, 0.5) is 0 Å². The summed E-state index contributed by atoms with van der Waals surface area (Å²) in [5.74, 6) is -1.29. The van der Waals surface area contributed by atoms with Gasteiger partial charge in [-0.05, 0) is 36.4 Å². The minimum atomic E-state index is -0.986. The second-order valence-corrected chi connectivity index (χ2v) is 3.58. The molecular formula is C14H13NO4. The average molecular weight is 259 g/mol. The first kappa shape index (κ1) is 14.2. The smallest absolute Gasteiger partial charge is 0.335 e. The van der Waals surface area contributed by atoms with Crippen LogP contribution in [0.25, 0.3) is 0 Å². The van der Waals surface area contributed by atoms with Crippen LogP contribution >= 0.6 is 0 Å². The van der Waals surface area contributed by atoms with Crippen molar-refractivity contribution in [3.8, 4) is 5.75 Å². The van der Waals surface area contributed by atoms with Gasteiger partial charge in [-0.3, -0.25) is 4.79 Å². The van der Waals surface area contributed by atoms with Crippen LogP contribution in [0, 0.1) is 0 Å². The Morgan fingerprint density at radius 2 is 1.37 bits per heavy atom. The van der Waals surface area contributed by atoms with Crippen LogP contribution in [-0.4, -0.2) is 22.1 Å². The van der Waals surface area contributed by atoms with Crippen LogP contribution in [0.2, 0.25) is 0 Å². The summed E-state index contributed by atoms with van der Waals surface area (Å²) in [4.78, 5) is 20.7. The third-order valence-electron chi connectivity index (χ3n) is 2.17. The number of carboxylic acids is 1. The van der Waals surface area contributed by atoms with Crippen molar-refractivity contribution in [3.63, 3.8) is 0 Å². The zero-order valence-corrected chi connectivity index (χ0v) is 9.98. The number of phenols is 1. The average Bonchev–Trinajstić information content (AvgIpc) is 2.41. The Labute approximate surface area is 109 Å². The maximum Gasteiger partial charge on any atom is 0.335 e. The molecule has 5 heteroatoms. The molecule has 1 amide bonds. The molecule has 0 fully saturated rings. The van der Waals surface area contributed by atoms with Crippen molar-refractivity contribution in [1.82, 2.24) is 0 Å². The van der Waals surface area contributed by atoms with Crippen LogP contribution in [0.15, 0.2) is 54.6 Å². The van der Waals surface area contributed by atoms with E-state index >= 15 is 0 Å². The number of aromatic hydroxyl groups is 1. The van der Waals surface area contributed by atoms with Crippen molar-refractivity contribution in [2.24, 2.45) is 5.73 Å². The normalized spacial score (nSPS) is 9.05. The standard InChI is InChI=1S/C7H7NO.C7H6O3/c8-7(9)6-4-2-1-3-5-6;8-6-3-1-5(2-4-6)7(9)10/h1-5H,(H2,8,9);1-4,8H,(H,9,10). The van der Waals surface area contributed by atoms with Crippen LogP contribution in [0.1, 0.15) is 20.7 Å². The topological polar surface area (TPSA) is 101 Å². The Hall–Kier alpha value is -2.82. The minimum absolute atomic E-state index is 0.0741. The van der Waals surface area contributed by atoms with E-state index < -0.39 is 5.97 Å². The monoisotopic (exact) mass is 259 g/mol. The summed E-state index contributed by atoms with van der Waals surface area (Å²) in [5.41, 5.74) is 5.71. The summed E-state index contributed by atoms with van der Waals surface area (Å²) in [7, 11) is 0. The molecule has 0 heterocycles. The Balaban J connectivity index is 0.000000191. The number of carbonyl (C=O) groups is 2. The van der Waals surface area contributed by atoms with Crippen molar-refractivity contribution < 1.29 is 19.8 Å². The number of nitrogens with two attached hydrogens (primary N) is 1. The molecule has 98 valence electrons. The molecule has 0 aliphatic carbocycles. The molecule has 0 unspecified atom stereocenters. The number of hydrogen-bond acceptors (Lipinski definition) is 3. The Morgan fingerprint density at radius 1 is 0.842 bits per heavy atom. The number of rotatable bonds is 2. The van der Waals surface area contributed by atoms with Crippen molar-refractivity contribution in [1.29, 1.82) is 0 Å². The number of benzene rings is 2. The van der Waals surface area contributed by atoms with Gasteiger partial charge in [0.05, 0.1) is 5.56 Å². The fourth-order valence-electron chi connectivity index (χ4n) is 1.21. The van der Waals surface area contributed by atoms with Crippen molar-refractivity contribution in [3.05, 3.63) is 65.7 Å². The van der Waals surface area contributed by atoms with E-state index in [4.69, 9.17) is 15.9 Å². The lowest BCUT2D eigenvalue weighted by Gasteiger charge is -1.92. The SMILES string of the molecule is NC(=O)c1ccccc1.O=C(O)c1ccc(O)cc1. The van der Waals surface area contributed by atoms with E-state index in [-0.39, 0.29) is 17.2 Å². The number of hydrogen-bond donors (Lipinski definition) is 3. The van der Waals surface area contributed by atoms with Gasteiger partial charge in [0.2, 0.25) is 5.91 Å². The van der Waals surface area contributed by atoms with Crippen LogP contribution < -0.4 is 5.73 Å². The second-order valence-electron chi connectivity index (χ2n) is 3.58. The molecule has 0 atom stereocenters. The predicted molar refractivity (Wildman–Crippen MR) is 70.0 cm³/mol. The summed E-state index contributed by atoms with van der Waals surface area (Å²) < 4.78 is 0. The summed E-state index contributed by atoms with van der Waals surface area (Å²) in [6.07, 6.45) is 0. The number of phenolic OH excluding ortho intramolecular Hbond substituents is 1. The van der Waals surface area contributed by atoms with Gasteiger partial charge in [-0.2, -0.15) is 0 Å². The van der Waals surface area contributed by atoms with Crippen LogP contribution in [0.5, 0.6) is 5.75 Å². The summed E-state index contributed by atoms with van der Waals surface area (Å²) in [6, 6.07) is 14.1. The Kier molecular flexibility index (Phi) is 5.10. The summed E-state index contributed by atoms with van der Waals surface area (Å²) in [5, 5.41) is 17.1. The zero-order chi connectivity index (χ0) is 14.3. The van der Waals surface area contributed by atoms with Crippen LogP contribution in [0.3, 0.4) is 0 Å². The van der Waals surface area contributed by atoms with E-state index in [0.29, 0.717) is 5.56 Å². The second kappa shape index (κ2) is 6.80. The largest absolute Gasteiger partial charge is 0.508 e. The molecule has 0 aliphatic heterocycles.